The fourth-order valence-electron chi connectivity index (χ4n) is 3.51. The van der Waals surface area contributed by atoms with Crippen molar-refractivity contribution in [3.63, 3.8) is 0 Å². The average Bonchev–Trinajstić information content (AvgIpc) is 3.20. The Morgan fingerprint density at radius 3 is 2.47 bits per heavy atom. The molecule has 0 atom stereocenters. The number of benzene rings is 3. The molecule has 4 nitrogen and oxygen atoms in total. The quantitative estimate of drug-likeness (QED) is 0.338. The van der Waals surface area contributed by atoms with Gasteiger partial charge in [-0.15, -0.1) is 0 Å². The van der Waals surface area contributed by atoms with Gasteiger partial charge in [0.25, 0.3) is 5.91 Å². The molecule has 0 aliphatic carbocycles. The van der Waals surface area contributed by atoms with Crippen molar-refractivity contribution in [2.45, 2.75) is 6.42 Å². The van der Waals surface area contributed by atoms with Crippen LogP contribution in [0.5, 0.6) is 5.75 Å². The van der Waals surface area contributed by atoms with E-state index < -0.39 is 0 Å². The van der Waals surface area contributed by atoms with Crippen LogP contribution in [-0.4, -0.2) is 24.5 Å². The molecular formula is C26H24N2O2. The lowest BCUT2D eigenvalue weighted by Gasteiger charge is -2.10. The van der Waals surface area contributed by atoms with Crippen molar-refractivity contribution in [2.75, 3.05) is 13.7 Å². The smallest absolute Gasteiger partial charge is 0.251 e. The highest BCUT2D eigenvalue weighted by atomic mass is 16.5. The van der Waals surface area contributed by atoms with E-state index in [9.17, 15) is 4.79 Å². The molecule has 0 radical (unpaired) electrons. The second-order valence-corrected chi connectivity index (χ2v) is 7.07. The number of methoxy groups -OCH3 is 1. The summed E-state index contributed by atoms with van der Waals surface area (Å²) in [5.74, 6) is 0.743. The number of aromatic amines is 1. The van der Waals surface area contributed by atoms with Crippen LogP contribution in [0.3, 0.4) is 0 Å². The topological polar surface area (TPSA) is 54.1 Å². The van der Waals surface area contributed by atoms with Crippen LogP contribution in [-0.2, 0) is 11.2 Å². The van der Waals surface area contributed by atoms with E-state index in [1.807, 2.05) is 91.1 Å². The van der Waals surface area contributed by atoms with Crippen LogP contribution in [0.2, 0.25) is 0 Å². The van der Waals surface area contributed by atoms with Crippen LogP contribution in [0.1, 0.15) is 16.7 Å². The maximum absolute atomic E-state index is 13.0. The van der Waals surface area contributed by atoms with Gasteiger partial charge in [0.15, 0.2) is 0 Å². The zero-order valence-corrected chi connectivity index (χ0v) is 16.9. The van der Waals surface area contributed by atoms with Crippen molar-refractivity contribution in [1.29, 1.82) is 0 Å². The van der Waals surface area contributed by atoms with Crippen molar-refractivity contribution < 1.29 is 9.53 Å². The molecule has 0 saturated heterocycles. The molecule has 2 N–H and O–H groups in total. The third-order valence-corrected chi connectivity index (χ3v) is 5.09. The predicted octanol–water partition coefficient (Wildman–Crippen LogP) is 5.08. The largest absolute Gasteiger partial charge is 0.497 e. The first-order chi connectivity index (χ1) is 14.7. The molecule has 150 valence electrons. The maximum Gasteiger partial charge on any atom is 0.251 e. The minimum atomic E-state index is -0.0810. The Bertz CT molecular complexity index is 1160. The molecule has 1 aromatic heterocycles. The van der Waals surface area contributed by atoms with Gasteiger partial charge in [-0.05, 0) is 47.4 Å². The normalized spacial score (nSPS) is 11.4. The predicted molar refractivity (Wildman–Crippen MR) is 122 cm³/mol. The van der Waals surface area contributed by atoms with Gasteiger partial charge >= 0.3 is 0 Å². The molecule has 0 unspecified atom stereocenters. The fourth-order valence-corrected chi connectivity index (χ4v) is 3.51. The summed E-state index contributed by atoms with van der Waals surface area (Å²) in [7, 11) is 1.66. The SMILES string of the molecule is COc1ccc2[nH]cc(CCNC(=O)/C(=C/c3ccccc3)c3ccccc3)c2c1. The van der Waals surface area contributed by atoms with Crippen LogP contribution in [0.15, 0.2) is 85.1 Å². The van der Waals surface area contributed by atoms with Gasteiger partial charge in [0.05, 0.1) is 7.11 Å². The van der Waals surface area contributed by atoms with Crippen LogP contribution in [0, 0.1) is 0 Å². The zero-order valence-electron chi connectivity index (χ0n) is 16.9. The molecule has 0 bridgehead atoms. The van der Waals surface area contributed by atoms with E-state index >= 15 is 0 Å². The van der Waals surface area contributed by atoms with Crippen LogP contribution < -0.4 is 10.1 Å². The van der Waals surface area contributed by atoms with Crippen molar-refractivity contribution in [2.24, 2.45) is 0 Å². The maximum atomic E-state index is 13.0. The number of H-pyrrole nitrogens is 1. The molecular weight excluding hydrogens is 372 g/mol. The highest BCUT2D eigenvalue weighted by Crippen LogP contribution is 2.24. The summed E-state index contributed by atoms with van der Waals surface area (Å²) in [6.07, 6.45) is 4.65. The van der Waals surface area contributed by atoms with Gasteiger partial charge < -0.3 is 15.0 Å². The lowest BCUT2D eigenvalue weighted by molar-refractivity contribution is -0.115. The van der Waals surface area contributed by atoms with Gasteiger partial charge in [-0.2, -0.15) is 0 Å². The molecule has 30 heavy (non-hydrogen) atoms. The third kappa shape index (κ3) is 4.44. The van der Waals surface area contributed by atoms with Crippen molar-refractivity contribution in [1.82, 2.24) is 10.3 Å². The second-order valence-electron chi connectivity index (χ2n) is 7.07. The van der Waals surface area contributed by atoms with E-state index in [4.69, 9.17) is 4.74 Å². The summed E-state index contributed by atoms with van der Waals surface area (Å²) in [6.45, 7) is 0.544. The molecule has 1 heterocycles. The van der Waals surface area contributed by atoms with Crippen LogP contribution in [0.25, 0.3) is 22.6 Å². The van der Waals surface area contributed by atoms with E-state index in [0.29, 0.717) is 12.1 Å². The number of hydrogen-bond acceptors (Lipinski definition) is 2. The highest BCUT2D eigenvalue weighted by Gasteiger charge is 2.12. The molecule has 0 saturated carbocycles. The second kappa shape index (κ2) is 9.14. The lowest BCUT2D eigenvalue weighted by atomic mass is 10.0. The molecule has 4 heteroatoms. The summed E-state index contributed by atoms with van der Waals surface area (Å²) in [6, 6.07) is 25.6. The highest BCUT2D eigenvalue weighted by molar-refractivity contribution is 6.24. The first-order valence-electron chi connectivity index (χ1n) is 9.99. The summed E-state index contributed by atoms with van der Waals surface area (Å²) in [4.78, 5) is 16.3. The Morgan fingerprint density at radius 2 is 1.73 bits per heavy atom. The van der Waals surface area contributed by atoms with Crippen LogP contribution in [0.4, 0.5) is 0 Å². The Kier molecular flexibility index (Phi) is 5.95. The monoisotopic (exact) mass is 396 g/mol. The van der Waals surface area contributed by atoms with Crippen molar-refractivity contribution in [3.05, 3.63) is 102 Å². The van der Waals surface area contributed by atoms with E-state index in [0.717, 1.165) is 39.8 Å². The minimum absolute atomic E-state index is 0.0810. The van der Waals surface area contributed by atoms with E-state index in [1.165, 1.54) is 0 Å². The molecule has 3 aromatic carbocycles. The van der Waals surface area contributed by atoms with Gasteiger partial charge in [0.2, 0.25) is 0 Å². The number of aromatic nitrogens is 1. The number of rotatable bonds is 7. The Labute approximate surface area is 176 Å². The first kappa shape index (κ1) is 19.5. The van der Waals surface area contributed by atoms with Crippen molar-refractivity contribution in [3.8, 4) is 5.75 Å². The summed E-state index contributed by atoms with van der Waals surface area (Å²) in [5, 5.41) is 4.20. The fraction of sp³-hybridized carbons (Fsp3) is 0.115. The first-order valence-corrected chi connectivity index (χ1v) is 9.99. The minimum Gasteiger partial charge on any atom is -0.497 e. The summed E-state index contributed by atoms with van der Waals surface area (Å²) >= 11 is 0. The number of nitrogens with one attached hydrogen (secondary N) is 2. The molecule has 0 fully saturated rings. The lowest BCUT2D eigenvalue weighted by Crippen LogP contribution is -2.26. The molecule has 0 spiro atoms. The van der Waals surface area contributed by atoms with Crippen LogP contribution >= 0.6 is 0 Å². The number of ether oxygens (including phenoxy) is 1. The number of amides is 1. The van der Waals surface area contributed by atoms with Gasteiger partial charge in [0.1, 0.15) is 5.75 Å². The molecule has 4 rings (SSSR count). The number of hydrogen-bond donors (Lipinski definition) is 2. The molecule has 1 amide bonds. The van der Waals surface area contributed by atoms with Crippen molar-refractivity contribution >= 4 is 28.5 Å². The summed E-state index contributed by atoms with van der Waals surface area (Å²) in [5.41, 5.74) is 4.76. The average molecular weight is 396 g/mol. The molecule has 4 aromatic rings. The third-order valence-electron chi connectivity index (χ3n) is 5.09. The number of carbonyl (C=O) groups excluding carboxylic acids is 1. The van der Waals surface area contributed by atoms with Gasteiger partial charge in [-0.25, -0.2) is 0 Å². The number of fused-ring (bicyclic) bond motifs is 1. The Hall–Kier alpha value is -3.79. The van der Waals surface area contributed by atoms with E-state index in [-0.39, 0.29) is 5.91 Å². The summed E-state index contributed by atoms with van der Waals surface area (Å²) < 4.78 is 5.34. The Balaban J connectivity index is 1.50. The standard InChI is InChI=1S/C26H24N2O2/c1-30-22-12-13-25-23(17-22)21(18-28-25)14-15-27-26(29)24(20-10-6-3-7-11-20)16-19-8-4-2-5-9-19/h2-13,16-18,28H,14-15H2,1H3,(H,27,29)/b24-16+. The van der Waals surface area contributed by atoms with Gasteiger partial charge in [0, 0.05) is 29.2 Å². The Morgan fingerprint density at radius 1 is 1.00 bits per heavy atom. The van der Waals surface area contributed by atoms with E-state index in [2.05, 4.69) is 10.3 Å². The molecule has 0 aliphatic heterocycles. The zero-order chi connectivity index (χ0) is 20.8. The molecule has 0 aliphatic rings. The van der Waals surface area contributed by atoms with Gasteiger partial charge in [-0.3, -0.25) is 4.79 Å². The van der Waals surface area contributed by atoms with Gasteiger partial charge in [-0.1, -0.05) is 60.7 Å². The van der Waals surface area contributed by atoms with E-state index in [1.54, 1.807) is 7.11 Å². The number of carbonyl (C=O) groups is 1.